The molecule has 2 aromatic carbocycles. The first kappa shape index (κ1) is 19.8. The van der Waals surface area contributed by atoms with Crippen molar-refractivity contribution in [2.45, 2.75) is 12.0 Å². The fourth-order valence-corrected chi connectivity index (χ4v) is 3.94. The predicted octanol–water partition coefficient (Wildman–Crippen LogP) is 4.32. The molecule has 1 fully saturated rings. The maximum absolute atomic E-state index is 14.2. The van der Waals surface area contributed by atoms with Crippen LogP contribution in [0.5, 0.6) is 17.2 Å². The molecule has 3 atom stereocenters. The molecule has 3 aromatic rings. The van der Waals surface area contributed by atoms with Gasteiger partial charge in [0.15, 0.2) is 11.6 Å². The van der Waals surface area contributed by atoms with Crippen molar-refractivity contribution < 1.29 is 23.0 Å². The molecule has 2 N–H and O–H groups in total. The second-order valence-electron chi connectivity index (χ2n) is 7.52. The molecule has 1 aliphatic carbocycles. The third-order valence-electron chi connectivity index (χ3n) is 5.49. The molecular formula is C23H16F2N4O3. The highest BCUT2D eigenvalue weighted by Crippen LogP contribution is 2.55. The van der Waals surface area contributed by atoms with Gasteiger partial charge in [-0.2, -0.15) is 5.26 Å². The van der Waals surface area contributed by atoms with Crippen LogP contribution in [0.25, 0.3) is 0 Å². The number of benzene rings is 2. The average Bonchev–Trinajstić information content (AvgIpc) is 3.50. The van der Waals surface area contributed by atoms with Crippen LogP contribution in [-0.4, -0.2) is 23.7 Å². The van der Waals surface area contributed by atoms with E-state index in [1.165, 1.54) is 6.20 Å². The average molecular weight is 434 g/mol. The number of urea groups is 1. The van der Waals surface area contributed by atoms with Gasteiger partial charge in [-0.3, -0.25) is 5.32 Å². The van der Waals surface area contributed by atoms with E-state index in [1.807, 2.05) is 6.07 Å². The summed E-state index contributed by atoms with van der Waals surface area (Å²) in [4.78, 5) is 16.5. The van der Waals surface area contributed by atoms with Crippen LogP contribution in [-0.2, 0) is 0 Å². The van der Waals surface area contributed by atoms with E-state index >= 15 is 0 Å². The van der Waals surface area contributed by atoms with Gasteiger partial charge in [-0.15, -0.1) is 0 Å². The number of amides is 2. The minimum atomic E-state index is -0.610. The minimum Gasteiger partial charge on any atom is -0.490 e. The fraction of sp³-hybridized carbons (Fsp3) is 0.174. The van der Waals surface area contributed by atoms with Crippen molar-refractivity contribution in [1.29, 1.82) is 5.26 Å². The van der Waals surface area contributed by atoms with Crippen LogP contribution >= 0.6 is 0 Å². The molecule has 1 aromatic heterocycles. The van der Waals surface area contributed by atoms with Crippen molar-refractivity contribution in [2.24, 2.45) is 5.92 Å². The van der Waals surface area contributed by atoms with E-state index in [0.717, 1.165) is 12.1 Å². The number of nitrogens with zero attached hydrogens (tertiary/aromatic N) is 2. The molecule has 5 rings (SSSR count). The van der Waals surface area contributed by atoms with Crippen LogP contribution < -0.4 is 20.1 Å². The first-order valence-corrected chi connectivity index (χ1v) is 9.86. The summed E-state index contributed by atoms with van der Waals surface area (Å²) < 4.78 is 39.1. The van der Waals surface area contributed by atoms with Crippen LogP contribution in [0.1, 0.15) is 17.0 Å². The molecule has 0 spiro atoms. The zero-order valence-electron chi connectivity index (χ0n) is 16.5. The van der Waals surface area contributed by atoms with E-state index in [-0.39, 0.29) is 41.6 Å². The Kier molecular flexibility index (Phi) is 4.82. The van der Waals surface area contributed by atoms with Crippen molar-refractivity contribution in [3.05, 3.63) is 77.5 Å². The van der Waals surface area contributed by atoms with Crippen LogP contribution in [0.4, 0.5) is 19.4 Å². The molecule has 32 heavy (non-hydrogen) atoms. The Balaban J connectivity index is 1.20. The topological polar surface area (TPSA) is 96.3 Å². The molecule has 2 heterocycles. The summed E-state index contributed by atoms with van der Waals surface area (Å²) in [6, 6.07) is 13.2. The van der Waals surface area contributed by atoms with Gasteiger partial charge in [0.25, 0.3) is 0 Å². The molecule has 9 heteroatoms. The largest absolute Gasteiger partial charge is 0.490 e. The zero-order valence-corrected chi connectivity index (χ0v) is 16.5. The molecule has 0 radical (unpaired) electrons. The van der Waals surface area contributed by atoms with Gasteiger partial charge in [0.2, 0.25) is 0 Å². The quantitative estimate of drug-likeness (QED) is 0.638. The number of carbonyl (C=O) groups excluding carboxylic acids is 1. The summed E-state index contributed by atoms with van der Waals surface area (Å²) in [6.07, 6.45) is 1.44. The van der Waals surface area contributed by atoms with Gasteiger partial charge >= 0.3 is 6.03 Å². The summed E-state index contributed by atoms with van der Waals surface area (Å²) in [6.45, 7) is 0.209. The van der Waals surface area contributed by atoms with Crippen LogP contribution in [0.3, 0.4) is 0 Å². The highest BCUT2D eigenvalue weighted by atomic mass is 19.1. The molecule has 0 bridgehead atoms. The summed E-state index contributed by atoms with van der Waals surface area (Å²) in [5.41, 5.74) is 0.647. The van der Waals surface area contributed by atoms with E-state index in [0.29, 0.717) is 17.1 Å². The standard InChI is InChI=1S/C23H16F2N4O3/c24-16-5-6-17(25)22-20(16)19-15(11-31-22)21(19)29-23(30)28-18-7-4-14(10-27-18)32-13-3-1-2-12(8-13)9-26/h1-8,10,15,19,21H,11H2,(H2,27,28,29,30). The Labute approximate surface area is 181 Å². The van der Waals surface area contributed by atoms with Crippen molar-refractivity contribution in [3.8, 4) is 23.3 Å². The Hall–Kier alpha value is -4.19. The number of rotatable bonds is 4. The van der Waals surface area contributed by atoms with Gasteiger partial charge in [-0.25, -0.2) is 18.6 Å². The molecular weight excluding hydrogens is 418 g/mol. The van der Waals surface area contributed by atoms with Gasteiger partial charge in [0, 0.05) is 23.4 Å². The number of pyridine rings is 1. The van der Waals surface area contributed by atoms with E-state index < -0.39 is 17.7 Å². The monoisotopic (exact) mass is 434 g/mol. The summed E-state index contributed by atoms with van der Waals surface area (Å²) >= 11 is 0. The summed E-state index contributed by atoms with van der Waals surface area (Å²) in [7, 11) is 0. The first-order valence-electron chi connectivity index (χ1n) is 9.86. The van der Waals surface area contributed by atoms with E-state index in [4.69, 9.17) is 14.7 Å². The molecule has 3 unspecified atom stereocenters. The smallest absolute Gasteiger partial charge is 0.320 e. The van der Waals surface area contributed by atoms with Gasteiger partial charge in [-0.05, 0) is 42.5 Å². The second kappa shape index (κ2) is 7.81. The lowest BCUT2D eigenvalue weighted by molar-refractivity contribution is 0.247. The second-order valence-corrected chi connectivity index (χ2v) is 7.52. The molecule has 7 nitrogen and oxygen atoms in total. The highest BCUT2D eigenvalue weighted by molar-refractivity contribution is 5.89. The van der Waals surface area contributed by atoms with Crippen molar-refractivity contribution in [1.82, 2.24) is 10.3 Å². The van der Waals surface area contributed by atoms with Gasteiger partial charge in [0.05, 0.1) is 24.4 Å². The molecule has 0 saturated heterocycles. The normalized spacial score (nSPS) is 20.1. The predicted molar refractivity (Wildman–Crippen MR) is 109 cm³/mol. The van der Waals surface area contributed by atoms with Gasteiger partial charge in [0.1, 0.15) is 23.1 Å². The number of fused-ring (bicyclic) bond motifs is 3. The lowest BCUT2D eigenvalue weighted by Gasteiger charge is -2.16. The highest BCUT2D eigenvalue weighted by Gasteiger charge is 2.57. The number of ether oxygens (including phenoxy) is 2. The minimum absolute atomic E-state index is 0.0754. The number of carbonyl (C=O) groups is 1. The van der Waals surface area contributed by atoms with E-state index in [9.17, 15) is 13.6 Å². The third-order valence-corrected chi connectivity index (χ3v) is 5.49. The Morgan fingerprint density at radius 3 is 2.78 bits per heavy atom. The first-order chi connectivity index (χ1) is 15.5. The maximum atomic E-state index is 14.2. The lowest BCUT2D eigenvalue weighted by Crippen LogP contribution is -2.32. The van der Waals surface area contributed by atoms with Crippen LogP contribution in [0.15, 0.2) is 54.7 Å². The Morgan fingerprint density at radius 1 is 1.16 bits per heavy atom. The SMILES string of the molecule is N#Cc1cccc(Oc2ccc(NC(=O)NC3C4COc5c(F)ccc(F)c5C43)nc2)c1. The number of anilines is 1. The van der Waals surface area contributed by atoms with Crippen LogP contribution in [0.2, 0.25) is 0 Å². The summed E-state index contributed by atoms with van der Waals surface area (Å²) in [5.74, 6) is -0.450. The van der Waals surface area contributed by atoms with Crippen molar-refractivity contribution in [3.63, 3.8) is 0 Å². The van der Waals surface area contributed by atoms with Crippen molar-refractivity contribution >= 4 is 11.8 Å². The molecule has 1 aliphatic heterocycles. The number of nitrogens with one attached hydrogen (secondary N) is 2. The Morgan fingerprint density at radius 2 is 2.00 bits per heavy atom. The number of hydrogen-bond donors (Lipinski definition) is 2. The van der Waals surface area contributed by atoms with E-state index in [1.54, 1.807) is 36.4 Å². The fourth-order valence-electron chi connectivity index (χ4n) is 3.94. The Bertz CT molecular complexity index is 1240. The number of nitriles is 1. The lowest BCUT2D eigenvalue weighted by atomic mass is 10.0. The van der Waals surface area contributed by atoms with Crippen molar-refractivity contribution in [2.75, 3.05) is 11.9 Å². The van der Waals surface area contributed by atoms with E-state index in [2.05, 4.69) is 15.6 Å². The molecule has 2 aliphatic rings. The van der Waals surface area contributed by atoms with Gasteiger partial charge < -0.3 is 14.8 Å². The number of aromatic nitrogens is 1. The zero-order chi connectivity index (χ0) is 22.2. The molecule has 1 saturated carbocycles. The summed E-state index contributed by atoms with van der Waals surface area (Å²) in [5, 5.41) is 14.3. The third kappa shape index (κ3) is 3.67. The number of halogens is 2. The maximum Gasteiger partial charge on any atom is 0.320 e. The molecule has 2 amide bonds. The number of hydrogen-bond acceptors (Lipinski definition) is 5. The molecule has 160 valence electrons. The van der Waals surface area contributed by atoms with Gasteiger partial charge in [-0.1, -0.05) is 6.07 Å². The van der Waals surface area contributed by atoms with Crippen LogP contribution in [0, 0.1) is 28.9 Å².